The molecule has 0 amide bonds. The van der Waals surface area contributed by atoms with Gasteiger partial charge in [0.15, 0.2) is 5.97 Å². The summed E-state index contributed by atoms with van der Waals surface area (Å²) in [5.74, 6) is 1.06. The molecule has 0 saturated carbocycles. The molecule has 0 bridgehead atoms. The van der Waals surface area contributed by atoms with Crippen molar-refractivity contribution in [3.05, 3.63) is 65.6 Å². The van der Waals surface area contributed by atoms with Gasteiger partial charge < -0.3 is 37.0 Å². The molecule has 1 aromatic carbocycles. The van der Waals surface area contributed by atoms with E-state index in [0.29, 0.717) is 6.54 Å². The van der Waals surface area contributed by atoms with E-state index >= 15 is 0 Å². The van der Waals surface area contributed by atoms with Crippen LogP contribution in [0.3, 0.4) is 0 Å². The molecule has 0 aliphatic rings. The zero-order chi connectivity index (χ0) is 27.8. The largest absolute Gasteiger partial charge is 1.00 e. The number of ether oxygens (including phenoxy) is 3. The van der Waals surface area contributed by atoms with E-state index in [1.54, 1.807) is 46.6 Å². The molecule has 0 aliphatic heterocycles. The van der Waals surface area contributed by atoms with Crippen LogP contribution in [-0.4, -0.2) is 47.8 Å². The summed E-state index contributed by atoms with van der Waals surface area (Å²) < 4.78 is 17.8. The number of carbonyl (C=O) groups is 1. The van der Waals surface area contributed by atoms with Crippen LogP contribution in [0.4, 0.5) is 0 Å². The van der Waals surface area contributed by atoms with Crippen LogP contribution in [0, 0.1) is 34.1 Å². The Morgan fingerprint density at radius 3 is 2.00 bits per heavy atom. The summed E-state index contributed by atoms with van der Waals surface area (Å²) in [6.45, 7) is 22.1. The summed E-state index contributed by atoms with van der Waals surface area (Å²) in [4.78, 5) is 24.6. The van der Waals surface area contributed by atoms with E-state index in [-0.39, 0.29) is 30.5 Å². The Balaban J connectivity index is 0.00000125. The van der Waals surface area contributed by atoms with Crippen molar-refractivity contribution < 1.29 is 37.9 Å². The SMILES string of the molecule is [CH2-]C(=O)OC(C)(C)C.[CH2-][C@H](C)N(C[CH-]C)Cc1c(OC)cc(-c2cn(C)c(=O)c(C)c2C)cc1OC.[Li+]. The van der Waals surface area contributed by atoms with Gasteiger partial charge in [0, 0.05) is 36.5 Å². The number of carbonyl (C=O) groups excluding carboxylic acids is 1. The second kappa shape index (κ2) is 15.2. The first-order valence-electron chi connectivity index (χ1n) is 12.0. The quantitative estimate of drug-likeness (QED) is 0.310. The molecule has 0 saturated heterocycles. The Kier molecular flexibility index (Phi) is 14.2. The molecular weight excluding hydrogens is 463 g/mol. The first-order chi connectivity index (χ1) is 16.7. The van der Waals surface area contributed by atoms with Gasteiger partial charge in [0.2, 0.25) is 0 Å². The topological polar surface area (TPSA) is 70.0 Å². The molecule has 37 heavy (non-hydrogen) atoms. The van der Waals surface area contributed by atoms with E-state index in [0.717, 1.165) is 45.9 Å². The van der Waals surface area contributed by atoms with Gasteiger partial charge in [0.25, 0.3) is 5.56 Å². The maximum atomic E-state index is 12.2. The Bertz CT molecular complexity index is 1060. The van der Waals surface area contributed by atoms with Gasteiger partial charge in [0.1, 0.15) is 17.1 Å². The Labute approximate surface area is 235 Å². The fourth-order valence-corrected chi connectivity index (χ4v) is 3.74. The molecule has 7 nitrogen and oxygen atoms in total. The van der Waals surface area contributed by atoms with Crippen molar-refractivity contribution in [1.29, 1.82) is 0 Å². The number of aryl methyl sites for hydroxylation is 1. The van der Waals surface area contributed by atoms with E-state index in [9.17, 15) is 9.59 Å². The number of methoxy groups -OCH3 is 2. The van der Waals surface area contributed by atoms with E-state index in [1.807, 2.05) is 39.1 Å². The van der Waals surface area contributed by atoms with Crippen molar-refractivity contribution in [3.63, 3.8) is 0 Å². The van der Waals surface area contributed by atoms with Gasteiger partial charge in [-0.25, -0.2) is 0 Å². The maximum absolute atomic E-state index is 12.2. The molecule has 0 N–H and O–H groups in total. The molecule has 0 unspecified atom stereocenters. The number of hydrogen-bond acceptors (Lipinski definition) is 6. The summed E-state index contributed by atoms with van der Waals surface area (Å²) in [5.41, 5.74) is 4.29. The van der Waals surface area contributed by atoms with Gasteiger partial charge in [-0.05, 0) is 57.9 Å². The van der Waals surface area contributed by atoms with Gasteiger partial charge in [-0.1, -0.05) is 6.92 Å². The van der Waals surface area contributed by atoms with Crippen LogP contribution in [0.1, 0.15) is 51.3 Å². The first-order valence-corrected chi connectivity index (χ1v) is 12.0. The molecule has 2 aromatic rings. The number of aromatic nitrogens is 1. The Morgan fingerprint density at radius 2 is 1.65 bits per heavy atom. The van der Waals surface area contributed by atoms with Crippen LogP contribution < -0.4 is 33.9 Å². The zero-order valence-corrected chi connectivity index (χ0v) is 24.7. The van der Waals surface area contributed by atoms with Gasteiger partial charge in [-0.3, -0.25) is 16.5 Å². The summed E-state index contributed by atoms with van der Waals surface area (Å²) in [6, 6.07) is 4.19. The number of benzene rings is 1. The average Bonchev–Trinajstić information content (AvgIpc) is 2.78. The first kappa shape index (κ1) is 34.7. The minimum atomic E-state index is -0.475. The molecule has 1 atom stereocenters. The van der Waals surface area contributed by atoms with Crippen LogP contribution in [0.5, 0.6) is 11.5 Å². The molecule has 0 radical (unpaired) electrons. The van der Waals surface area contributed by atoms with Crippen molar-refractivity contribution in [2.75, 3.05) is 20.8 Å². The fourth-order valence-electron chi connectivity index (χ4n) is 3.74. The molecule has 0 aliphatic carbocycles. The van der Waals surface area contributed by atoms with Crippen molar-refractivity contribution in [3.8, 4) is 22.6 Å². The molecular formula is C29H43LiN2O5-2. The van der Waals surface area contributed by atoms with Crippen molar-refractivity contribution in [1.82, 2.24) is 9.47 Å². The third-order valence-electron chi connectivity index (χ3n) is 5.67. The van der Waals surface area contributed by atoms with Gasteiger partial charge in [0.05, 0.1) is 14.2 Å². The Hall–Kier alpha value is -2.33. The molecule has 202 valence electrons. The van der Waals surface area contributed by atoms with Crippen LogP contribution >= 0.6 is 0 Å². The fraction of sp³-hybridized carbons (Fsp3) is 0.483. The van der Waals surface area contributed by atoms with Crippen molar-refractivity contribution in [2.24, 2.45) is 7.05 Å². The van der Waals surface area contributed by atoms with Crippen molar-refractivity contribution >= 4 is 5.97 Å². The number of nitrogens with zero attached hydrogens (tertiary/aromatic N) is 2. The summed E-state index contributed by atoms with van der Waals surface area (Å²) in [5, 5.41) is 0. The second-order valence-electron chi connectivity index (χ2n) is 9.84. The monoisotopic (exact) mass is 506 g/mol. The van der Waals surface area contributed by atoms with E-state index in [2.05, 4.69) is 36.8 Å². The smallest absolute Gasteiger partial charge is 0.496 e. The average molecular weight is 507 g/mol. The summed E-state index contributed by atoms with van der Waals surface area (Å²) in [6.07, 6.45) is 3.99. The molecule has 1 aromatic heterocycles. The van der Waals surface area contributed by atoms with E-state index in [4.69, 9.17) is 9.47 Å². The molecule has 0 fully saturated rings. The van der Waals surface area contributed by atoms with Crippen LogP contribution in [0.15, 0.2) is 23.1 Å². The Morgan fingerprint density at radius 1 is 1.14 bits per heavy atom. The molecule has 0 spiro atoms. The number of rotatable bonds is 8. The second-order valence-corrected chi connectivity index (χ2v) is 9.84. The third-order valence-corrected chi connectivity index (χ3v) is 5.67. The summed E-state index contributed by atoms with van der Waals surface area (Å²) in [7, 11) is 5.12. The number of hydrogen-bond donors (Lipinski definition) is 0. The maximum Gasteiger partial charge on any atom is 1.00 e. The molecule has 8 heteroatoms. The molecule has 1 heterocycles. The number of esters is 1. The standard InChI is InChI=1S/C23H32N2O3.C6H11O2.Li/c1-9-10-25(15(2)3)14-20-21(27-7)11-18(12-22(20)28-8)19-13-24(6)23(26)17(5)16(19)4;1-5(7)8-6(2,3)4;/h9,11-13,15H,2,10,14H2,1,3-8H3;1H2,2-4H3;/q-2;-1;+1/t15-;;/m1../s1. The van der Waals surface area contributed by atoms with E-state index in [1.165, 1.54) is 0 Å². The van der Waals surface area contributed by atoms with Gasteiger partial charge >= 0.3 is 18.9 Å². The predicted molar refractivity (Wildman–Crippen MR) is 146 cm³/mol. The zero-order valence-electron chi connectivity index (χ0n) is 24.7. The summed E-state index contributed by atoms with van der Waals surface area (Å²) >= 11 is 0. The van der Waals surface area contributed by atoms with Crippen LogP contribution in [-0.2, 0) is 23.1 Å². The van der Waals surface area contributed by atoms with Crippen LogP contribution in [0.2, 0.25) is 0 Å². The minimum absolute atomic E-state index is 0. The van der Waals surface area contributed by atoms with Crippen LogP contribution in [0.25, 0.3) is 11.1 Å². The minimum Gasteiger partial charge on any atom is -0.496 e. The third kappa shape index (κ3) is 10.2. The predicted octanol–water partition coefficient (Wildman–Crippen LogP) is 2.10. The van der Waals surface area contributed by atoms with Gasteiger partial charge in [-0.15, -0.1) is 12.6 Å². The normalized spacial score (nSPS) is 11.7. The van der Waals surface area contributed by atoms with Crippen molar-refractivity contribution in [2.45, 2.75) is 66.7 Å². The number of pyridine rings is 1. The van der Waals surface area contributed by atoms with Gasteiger partial charge in [-0.2, -0.15) is 6.92 Å². The van der Waals surface area contributed by atoms with E-state index < -0.39 is 11.6 Å². The molecule has 2 rings (SSSR count).